The van der Waals surface area contributed by atoms with E-state index in [4.69, 9.17) is 5.73 Å². The van der Waals surface area contributed by atoms with Crippen LogP contribution in [-0.2, 0) is 13.2 Å². The van der Waals surface area contributed by atoms with Gasteiger partial charge in [-0.1, -0.05) is 0 Å². The predicted molar refractivity (Wildman–Crippen MR) is 75.7 cm³/mol. The minimum atomic E-state index is -4.93. The normalized spacial score (nSPS) is 12.1. The third-order valence-electron chi connectivity index (χ3n) is 3.26. The number of rotatable bonds is 3. The van der Waals surface area contributed by atoms with Crippen molar-refractivity contribution in [2.24, 2.45) is 7.05 Å². The van der Waals surface area contributed by atoms with Gasteiger partial charge >= 0.3 is 6.18 Å². The lowest BCUT2D eigenvalue weighted by Gasteiger charge is -2.06. The summed E-state index contributed by atoms with van der Waals surface area (Å²) in [5.74, 6) is -0.743. The first-order valence-corrected chi connectivity index (χ1v) is 6.75. The van der Waals surface area contributed by atoms with Gasteiger partial charge in [0.05, 0.1) is 5.56 Å². The zero-order valence-corrected chi connectivity index (χ0v) is 12.5. The number of halogens is 5. The van der Waals surface area contributed by atoms with E-state index >= 15 is 0 Å². The summed E-state index contributed by atoms with van der Waals surface area (Å²) in [4.78, 5) is 7.55. The SMILES string of the molecule is Cn1cc(-c2c(C(F)(F)F)nn(-c3ncccn3)c2N)c(C(F)F)n1. The number of anilines is 1. The molecule has 3 aromatic heterocycles. The molecule has 0 saturated carbocycles. The Balaban J connectivity index is 2.31. The van der Waals surface area contributed by atoms with Crippen molar-refractivity contribution in [2.45, 2.75) is 12.6 Å². The fraction of sp³-hybridized carbons (Fsp3) is 0.231. The number of nitrogens with two attached hydrogens (primary N) is 1. The summed E-state index contributed by atoms with van der Waals surface area (Å²) < 4.78 is 68.2. The highest BCUT2D eigenvalue weighted by Crippen LogP contribution is 2.42. The summed E-state index contributed by atoms with van der Waals surface area (Å²) in [6.45, 7) is 0. The van der Waals surface area contributed by atoms with Gasteiger partial charge < -0.3 is 5.73 Å². The summed E-state index contributed by atoms with van der Waals surface area (Å²) in [5.41, 5.74) is 2.39. The average Bonchev–Trinajstić information content (AvgIpc) is 3.08. The molecule has 3 heterocycles. The molecule has 0 saturated heterocycles. The van der Waals surface area contributed by atoms with Crippen molar-refractivity contribution in [3.05, 3.63) is 36.0 Å². The highest BCUT2D eigenvalue weighted by atomic mass is 19.4. The summed E-state index contributed by atoms with van der Waals surface area (Å²) >= 11 is 0. The molecule has 7 nitrogen and oxygen atoms in total. The number of nitrogens with zero attached hydrogens (tertiary/aromatic N) is 6. The maximum absolute atomic E-state index is 13.4. The van der Waals surface area contributed by atoms with Crippen LogP contribution in [0.3, 0.4) is 0 Å². The molecule has 3 rings (SSSR count). The van der Waals surface area contributed by atoms with Gasteiger partial charge in [-0.05, 0) is 6.07 Å². The number of hydrogen-bond donors (Lipinski definition) is 1. The molecule has 0 unspecified atom stereocenters. The lowest BCUT2D eigenvalue weighted by Crippen LogP contribution is -2.09. The van der Waals surface area contributed by atoms with Crippen LogP contribution < -0.4 is 5.73 Å². The molecule has 12 heteroatoms. The molecule has 3 aromatic rings. The van der Waals surface area contributed by atoms with Gasteiger partial charge in [0, 0.05) is 31.2 Å². The van der Waals surface area contributed by atoms with Crippen LogP contribution >= 0.6 is 0 Å². The molecule has 0 aliphatic carbocycles. The molecular formula is C13H10F5N7. The van der Waals surface area contributed by atoms with Crippen LogP contribution in [0.1, 0.15) is 17.8 Å². The molecule has 2 N–H and O–H groups in total. The Morgan fingerprint density at radius 3 is 2.32 bits per heavy atom. The van der Waals surface area contributed by atoms with Gasteiger partial charge in [-0.15, -0.1) is 0 Å². The average molecular weight is 359 g/mol. The Labute approximate surface area is 136 Å². The minimum absolute atomic E-state index is 0.223. The third kappa shape index (κ3) is 2.90. The van der Waals surface area contributed by atoms with E-state index in [0.717, 1.165) is 10.9 Å². The van der Waals surface area contributed by atoms with Crippen LogP contribution in [0, 0.1) is 0 Å². The second kappa shape index (κ2) is 5.79. The fourth-order valence-corrected chi connectivity index (χ4v) is 2.31. The molecule has 25 heavy (non-hydrogen) atoms. The van der Waals surface area contributed by atoms with Crippen molar-refractivity contribution >= 4 is 5.82 Å². The molecule has 0 fully saturated rings. The largest absolute Gasteiger partial charge is 0.435 e. The van der Waals surface area contributed by atoms with Crippen molar-refractivity contribution in [2.75, 3.05) is 5.73 Å². The van der Waals surface area contributed by atoms with Crippen LogP contribution in [0.2, 0.25) is 0 Å². The van der Waals surface area contributed by atoms with E-state index in [2.05, 4.69) is 20.2 Å². The highest BCUT2D eigenvalue weighted by molar-refractivity contribution is 5.79. The van der Waals surface area contributed by atoms with Gasteiger partial charge in [-0.2, -0.15) is 28.1 Å². The van der Waals surface area contributed by atoms with Gasteiger partial charge in [-0.25, -0.2) is 18.7 Å². The second-order valence-corrected chi connectivity index (χ2v) is 4.97. The van der Waals surface area contributed by atoms with Crippen LogP contribution in [0.4, 0.5) is 27.8 Å². The number of alkyl halides is 5. The molecule has 0 atom stereocenters. The molecule has 132 valence electrons. The third-order valence-corrected chi connectivity index (χ3v) is 3.26. The molecule has 0 bridgehead atoms. The first-order chi connectivity index (χ1) is 11.7. The molecule has 0 spiro atoms. The lowest BCUT2D eigenvalue weighted by atomic mass is 10.1. The zero-order chi connectivity index (χ0) is 18.4. The summed E-state index contributed by atoms with van der Waals surface area (Å²) in [6, 6.07) is 1.45. The quantitative estimate of drug-likeness (QED) is 0.727. The summed E-state index contributed by atoms with van der Waals surface area (Å²) in [7, 11) is 1.31. The van der Waals surface area contributed by atoms with Gasteiger partial charge in [0.1, 0.15) is 11.5 Å². The molecule has 0 amide bonds. The highest BCUT2D eigenvalue weighted by Gasteiger charge is 2.41. The number of nitrogen functional groups attached to an aromatic ring is 1. The second-order valence-electron chi connectivity index (χ2n) is 4.97. The predicted octanol–water partition coefficient (Wildman–Crippen LogP) is 2.60. The topological polar surface area (TPSA) is 87.4 Å². The van der Waals surface area contributed by atoms with Crippen molar-refractivity contribution in [3.63, 3.8) is 0 Å². The van der Waals surface area contributed by atoms with Crippen molar-refractivity contribution in [3.8, 4) is 17.1 Å². The van der Waals surface area contributed by atoms with E-state index in [0.29, 0.717) is 4.68 Å². The monoisotopic (exact) mass is 359 g/mol. The molecule has 0 aliphatic heterocycles. The number of aromatic nitrogens is 6. The van der Waals surface area contributed by atoms with Crippen LogP contribution in [0.25, 0.3) is 17.1 Å². The molecule has 0 radical (unpaired) electrons. The maximum Gasteiger partial charge on any atom is 0.435 e. The fourth-order valence-electron chi connectivity index (χ4n) is 2.31. The Hall–Kier alpha value is -3.05. The van der Waals surface area contributed by atoms with Crippen molar-refractivity contribution in [1.82, 2.24) is 29.5 Å². The van der Waals surface area contributed by atoms with Gasteiger partial charge in [-0.3, -0.25) is 4.68 Å². The van der Waals surface area contributed by atoms with E-state index in [1.54, 1.807) is 0 Å². The minimum Gasteiger partial charge on any atom is -0.383 e. The summed E-state index contributed by atoms with van der Waals surface area (Å²) in [6.07, 6.45) is -4.43. The molecular weight excluding hydrogens is 349 g/mol. The lowest BCUT2D eigenvalue weighted by molar-refractivity contribution is -0.140. The summed E-state index contributed by atoms with van der Waals surface area (Å²) in [5, 5.41) is 6.91. The van der Waals surface area contributed by atoms with E-state index in [9.17, 15) is 22.0 Å². The van der Waals surface area contributed by atoms with E-state index in [1.165, 1.54) is 25.5 Å². The Morgan fingerprint density at radius 1 is 1.12 bits per heavy atom. The van der Waals surface area contributed by atoms with Crippen LogP contribution in [0.15, 0.2) is 24.7 Å². The van der Waals surface area contributed by atoms with Gasteiger partial charge in [0.2, 0.25) is 0 Å². The smallest absolute Gasteiger partial charge is 0.383 e. The molecule has 0 aromatic carbocycles. The maximum atomic E-state index is 13.4. The van der Waals surface area contributed by atoms with Gasteiger partial charge in [0.25, 0.3) is 12.4 Å². The Kier molecular flexibility index (Phi) is 3.89. The van der Waals surface area contributed by atoms with Crippen LogP contribution in [0.5, 0.6) is 0 Å². The van der Waals surface area contributed by atoms with E-state index in [1.807, 2.05) is 0 Å². The zero-order valence-electron chi connectivity index (χ0n) is 12.5. The Bertz CT molecular complexity index is 898. The Morgan fingerprint density at radius 2 is 1.76 bits per heavy atom. The first-order valence-electron chi connectivity index (χ1n) is 6.75. The first kappa shape index (κ1) is 16.8. The number of aryl methyl sites for hydroxylation is 1. The van der Waals surface area contributed by atoms with E-state index < -0.39 is 40.9 Å². The van der Waals surface area contributed by atoms with Crippen LogP contribution in [-0.4, -0.2) is 29.5 Å². The van der Waals surface area contributed by atoms with Crippen molar-refractivity contribution in [1.29, 1.82) is 0 Å². The van der Waals surface area contributed by atoms with Gasteiger partial charge in [0.15, 0.2) is 5.69 Å². The molecule has 0 aliphatic rings. The van der Waals surface area contributed by atoms with Crippen molar-refractivity contribution < 1.29 is 22.0 Å². The number of hydrogen-bond acceptors (Lipinski definition) is 5. The standard InChI is InChI=1S/C13H10F5N7/c1-24-5-6(8(22-24)10(14)15)7-9(13(16,17)18)23-25(11(7)19)12-20-3-2-4-21-12/h2-5,10H,19H2,1H3. The van der Waals surface area contributed by atoms with E-state index in [-0.39, 0.29) is 5.95 Å².